The molecule has 0 spiro atoms. The molecule has 25 heavy (non-hydrogen) atoms. The second kappa shape index (κ2) is 6.50. The first-order valence-electron chi connectivity index (χ1n) is 7.64. The third-order valence-electron chi connectivity index (χ3n) is 3.99. The Labute approximate surface area is 150 Å². The minimum absolute atomic E-state index is 0.325. The number of pyridine rings is 2. The van der Waals surface area contributed by atoms with E-state index in [1.54, 1.807) is 12.1 Å². The van der Waals surface area contributed by atoms with Crippen molar-refractivity contribution in [3.8, 4) is 6.07 Å². The highest BCUT2D eigenvalue weighted by Crippen LogP contribution is 2.29. The molecule has 0 aliphatic rings. The van der Waals surface area contributed by atoms with Crippen molar-refractivity contribution in [1.29, 1.82) is 5.26 Å². The number of rotatable bonds is 4. The zero-order valence-corrected chi connectivity index (χ0v) is 14.5. The largest absolute Gasteiger partial charge is 0.353 e. The highest BCUT2D eigenvalue weighted by Gasteiger charge is 2.19. The number of benzene rings is 1. The molecule has 2 heterocycles. The highest BCUT2D eigenvalue weighted by atomic mass is 35.5. The van der Waals surface area contributed by atoms with Gasteiger partial charge in [-0.2, -0.15) is 5.26 Å². The van der Waals surface area contributed by atoms with Crippen molar-refractivity contribution in [3.63, 3.8) is 0 Å². The van der Waals surface area contributed by atoms with Crippen LogP contribution in [0.3, 0.4) is 0 Å². The summed E-state index contributed by atoms with van der Waals surface area (Å²) in [5, 5.41) is 12.8. The number of hydrogen-bond acceptors (Lipinski definition) is 5. The van der Waals surface area contributed by atoms with E-state index in [9.17, 15) is 10.1 Å². The van der Waals surface area contributed by atoms with E-state index < -0.39 is 5.41 Å². The molecule has 0 saturated carbocycles. The molecule has 0 fully saturated rings. The number of nitrogens with one attached hydrogen (secondary N) is 1. The average Bonchev–Trinajstić information content (AvgIpc) is 2.62. The fourth-order valence-electron chi connectivity index (χ4n) is 2.46. The number of nitrogens with zero attached hydrogens (tertiary/aromatic N) is 3. The Morgan fingerprint density at radius 1 is 1.20 bits per heavy atom. The first-order valence-corrected chi connectivity index (χ1v) is 8.01. The summed E-state index contributed by atoms with van der Waals surface area (Å²) in [7, 11) is 0. The summed E-state index contributed by atoms with van der Waals surface area (Å²) in [5.74, 6) is 0. The number of hydrogen-bond donors (Lipinski definition) is 1. The van der Waals surface area contributed by atoms with Gasteiger partial charge in [-0.1, -0.05) is 23.7 Å². The van der Waals surface area contributed by atoms with Gasteiger partial charge in [-0.05, 0) is 43.7 Å². The summed E-state index contributed by atoms with van der Waals surface area (Å²) in [6.45, 7) is 3.73. The monoisotopic (exact) mass is 350 g/mol. The molecule has 0 bridgehead atoms. The first kappa shape index (κ1) is 16.9. The maximum atomic E-state index is 11.4. The molecular formula is C19H15ClN4O. The van der Waals surface area contributed by atoms with Crippen molar-refractivity contribution >= 4 is 40.3 Å². The molecule has 0 amide bonds. The Morgan fingerprint density at radius 2 is 1.92 bits per heavy atom. The van der Waals surface area contributed by atoms with Gasteiger partial charge in [-0.3, -0.25) is 9.78 Å². The Morgan fingerprint density at radius 3 is 2.56 bits per heavy atom. The Kier molecular flexibility index (Phi) is 4.39. The van der Waals surface area contributed by atoms with Gasteiger partial charge in [0, 0.05) is 11.9 Å². The predicted octanol–water partition coefficient (Wildman–Crippen LogP) is 4.64. The number of fused-ring (bicyclic) bond motifs is 1. The van der Waals surface area contributed by atoms with Crippen LogP contribution in [-0.2, 0) is 5.41 Å². The molecule has 0 unspecified atom stereocenters. The number of halogens is 1. The topological polar surface area (TPSA) is 78.7 Å². The van der Waals surface area contributed by atoms with E-state index in [0.29, 0.717) is 27.4 Å². The second-order valence-corrected chi connectivity index (χ2v) is 6.53. The lowest BCUT2D eigenvalue weighted by molar-refractivity contribution is 0.112. The molecule has 1 N–H and O–H groups in total. The minimum atomic E-state index is -0.565. The summed E-state index contributed by atoms with van der Waals surface area (Å²) in [4.78, 5) is 19.9. The van der Waals surface area contributed by atoms with Crippen LogP contribution in [0.15, 0.2) is 42.6 Å². The Bertz CT molecular complexity index is 991. The number of anilines is 2. The lowest BCUT2D eigenvalue weighted by Gasteiger charge is -2.17. The molecule has 0 radical (unpaired) electrons. The van der Waals surface area contributed by atoms with E-state index in [4.69, 9.17) is 11.6 Å². The quantitative estimate of drug-likeness (QED) is 0.547. The van der Waals surface area contributed by atoms with Crippen LogP contribution in [0.5, 0.6) is 0 Å². The SMILES string of the molecule is CC(C)(C#N)c1ccc(Nc2c(C=O)cnc3ccc(Cl)nc23)cc1. The molecule has 0 aliphatic carbocycles. The molecule has 2 aromatic heterocycles. The van der Waals surface area contributed by atoms with Crippen molar-refractivity contribution in [2.45, 2.75) is 19.3 Å². The molecule has 1 aromatic carbocycles. The van der Waals surface area contributed by atoms with Crippen LogP contribution < -0.4 is 5.32 Å². The first-order chi connectivity index (χ1) is 11.9. The molecule has 3 rings (SSSR count). The molecule has 0 atom stereocenters. The van der Waals surface area contributed by atoms with Gasteiger partial charge in [0.15, 0.2) is 6.29 Å². The number of carbonyl (C=O) groups excluding carboxylic acids is 1. The zero-order chi connectivity index (χ0) is 18.0. The van der Waals surface area contributed by atoms with E-state index >= 15 is 0 Å². The van der Waals surface area contributed by atoms with Crippen LogP contribution in [0.1, 0.15) is 29.8 Å². The predicted molar refractivity (Wildman–Crippen MR) is 98.3 cm³/mol. The average molecular weight is 351 g/mol. The van der Waals surface area contributed by atoms with Crippen LogP contribution >= 0.6 is 11.6 Å². The molecule has 3 aromatic rings. The van der Waals surface area contributed by atoms with E-state index in [0.717, 1.165) is 17.5 Å². The lowest BCUT2D eigenvalue weighted by Crippen LogP contribution is -2.13. The number of carbonyl (C=O) groups is 1. The number of aldehydes is 1. The standard InChI is InChI=1S/C19H15ClN4O/c1-19(2,11-21)13-3-5-14(6-4-13)23-17-12(10-25)9-22-15-7-8-16(20)24-18(15)17/h3-10H,1-2H3,(H,22,23). The maximum absolute atomic E-state index is 11.4. The van der Waals surface area contributed by atoms with Gasteiger partial charge in [0.1, 0.15) is 10.7 Å². The normalized spacial score (nSPS) is 11.1. The van der Waals surface area contributed by atoms with Crippen LogP contribution in [0.25, 0.3) is 11.0 Å². The molecule has 0 aliphatic heterocycles. The Hall–Kier alpha value is -2.97. The van der Waals surface area contributed by atoms with Crippen LogP contribution in [0.2, 0.25) is 5.15 Å². The van der Waals surface area contributed by atoms with Crippen molar-refractivity contribution in [3.05, 3.63) is 58.9 Å². The number of nitriles is 1. The Balaban J connectivity index is 2.04. The molecule has 6 heteroatoms. The van der Waals surface area contributed by atoms with Gasteiger partial charge in [0.25, 0.3) is 0 Å². The van der Waals surface area contributed by atoms with E-state index in [-0.39, 0.29) is 0 Å². The van der Waals surface area contributed by atoms with Crippen LogP contribution in [-0.4, -0.2) is 16.3 Å². The van der Waals surface area contributed by atoms with Crippen LogP contribution in [0, 0.1) is 11.3 Å². The third-order valence-corrected chi connectivity index (χ3v) is 4.20. The number of aromatic nitrogens is 2. The molecular weight excluding hydrogens is 336 g/mol. The summed E-state index contributed by atoms with van der Waals surface area (Å²) in [6.07, 6.45) is 2.23. The minimum Gasteiger partial charge on any atom is -0.353 e. The molecule has 124 valence electrons. The van der Waals surface area contributed by atoms with Crippen molar-refractivity contribution in [1.82, 2.24) is 9.97 Å². The van der Waals surface area contributed by atoms with Gasteiger partial charge in [0.05, 0.1) is 28.3 Å². The third kappa shape index (κ3) is 3.30. The van der Waals surface area contributed by atoms with Crippen molar-refractivity contribution in [2.24, 2.45) is 0 Å². The van der Waals surface area contributed by atoms with Crippen LogP contribution in [0.4, 0.5) is 11.4 Å². The summed E-state index contributed by atoms with van der Waals surface area (Å²) in [5.41, 5.74) is 3.23. The van der Waals surface area contributed by atoms with Gasteiger partial charge in [0.2, 0.25) is 0 Å². The lowest BCUT2D eigenvalue weighted by atomic mass is 9.86. The van der Waals surface area contributed by atoms with Crippen molar-refractivity contribution in [2.75, 3.05) is 5.32 Å². The molecule has 0 saturated heterocycles. The summed E-state index contributed by atoms with van der Waals surface area (Å²) in [6, 6.07) is 13.2. The zero-order valence-electron chi connectivity index (χ0n) is 13.7. The fourth-order valence-corrected chi connectivity index (χ4v) is 2.60. The van der Waals surface area contributed by atoms with Gasteiger partial charge >= 0.3 is 0 Å². The summed E-state index contributed by atoms with van der Waals surface area (Å²) >= 11 is 5.99. The fraction of sp³-hybridized carbons (Fsp3) is 0.158. The molecule has 5 nitrogen and oxygen atoms in total. The van der Waals surface area contributed by atoms with E-state index in [1.165, 1.54) is 6.20 Å². The van der Waals surface area contributed by atoms with Crippen molar-refractivity contribution < 1.29 is 4.79 Å². The van der Waals surface area contributed by atoms with E-state index in [1.807, 2.05) is 38.1 Å². The van der Waals surface area contributed by atoms with Gasteiger partial charge in [-0.25, -0.2) is 4.98 Å². The van der Waals surface area contributed by atoms with Gasteiger partial charge < -0.3 is 5.32 Å². The smallest absolute Gasteiger partial charge is 0.153 e. The van der Waals surface area contributed by atoms with E-state index in [2.05, 4.69) is 21.4 Å². The maximum Gasteiger partial charge on any atom is 0.153 e. The second-order valence-electron chi connectivity index (χ2n) is 6.15. The van der Waals surface area contributed by atoms with Gasteiger partial charge in [-0.15, -0.1) is 0 Å². The highest BCUT2D eigenvalue weighted by molar-refractivity contribution is 6.29. The summed E-state index contributed by atoms with van der Waals surface area (Å²) < 4.78 is 0.